The van der Waals surface area contributed by atoms with Crippen molar-refractivity contribution in [1.29, 1.82) is 5.26 Å². The zero-order valence-corrected chi connectivity index (χ0v) is 18.9. The summed E-state index contributed by atoms with van der Waals surface area (Å²) in [5.74, 6) is 0.429. The normalized spacial score (nSPS) is 22.9. The smallest absolute Gasteiger partial charge is 0.262 e. The van der Waals surface area contributed by atoms with E-state index in [0.717, 1.165) is 5.56 Å². The van der Waals surface area contributed by atoms with Gasteiger partial charge in [0.25, 0.3) is 5.91 Å². The van der Waals surface area contributed by atoms with Crippen LogP contribution in [0.1, 0.15) is 12.0 Å². The van der Waals surface area contributed by atoms with Crippen molar-refractivity contribution in [3.05, 3.63) is 53.1 Å². The predicted molar refractivity (Wildman–Crippen MR) is 122 cm³/mol. The number of rotatable bonds is 4. The van der Waals surface area contributed by atoms with Gasteiger partial charge in [-0.25, -0.2) is 8.42 Å². The van der Waals surface area contributed by atoms with Crippen LogP contribution in [0, 0.1) is 18.3 Å². The number of carbonyl (C=O) groups is 1. The minimum atomic E-state index is -3.22. The Labute approximate surface area is 189 Å². The topological polar surface area (TPSA) is 99.8 Å². The molecule has 4 rings (SSSR count). The first kappa shape index (κ1) is 21.7. The third-order valence-corrected chi connectivity index (χ3v) is 8.36. The van der Waals surface area contributed by atoms with Gasteiger partial charge in [0.15, 0.2) is 20.8 Å². The number of thioether (sulfide) groups is 1. The van der Waals surface area contributed by atoms with E-state index in [1.54, 1.807) is 29.2 Å². The van der Waals surface area contributed by atoms with Gasteiger partial charge in [-0.2, -0.15) is 10.3 Å². The lowest BCUT2D eigenvalue weighted by Gasteiger charge is -2.26. The molecule has 0 bridgehead atoms. The summed E-state index contributed by atoms with van der Waals surface area (Å²) in [7, 11) is -3.22. The Morgan fingerprint density at radius 1 is 1.32 bits per heavy atom. The first-order chi connectivity index (χ1) is 14.8. The molecule has 0 radical (unpaired) electrons. The average Bonchev–Trinajstić information content (AvgIpc) is 3.14. The third kappa shape index (κ3) is 4.71. The molecule has 10 heteroatoms. The van der Waals surface area contributed by atoms with Gasteiger partial charge in [-0.15, -0.1) is 0 Å². The molecular formula is C21H18ClN3O4S2. The first-order valence-corrected chi connectivity index (χ1v) is 12.5. The van der Waals surface area contributed by atoms with Crippen LogP contribution in [0.25, 0.3) is 0 Å². The highest BCUT2D eigenvalue weighted by Gasteiger charge is 2.50. The van der Waals surface area contributed by atoms with Crippen LogP contribution >= 0.6 is 23.4 Å². The minimum Gasteiger partial charge on any atom is -0.455 e. The van der Waals surface area contributed by atoms with Gasteiger partial charge in [-0.05, 0) is 42.8 Å². The Kier molecular flexibility index (Phi) is 5.97. The lowest BCUT2D eigenvalue weighted by Crippen LogP contribution is -2.38. The van der Waals surface area contributed by atoms with Gasteiger partial charge in [0.1, 0.15) is 12.2 Å². The number of hydrogen-bond donors (Lipinski definition) is 0. The third-order valence-electron chi connectivity index (χ3n) is 4.92. The number of anilines is 1. The Morgan fingerprint density at radius 2 is 2.13 bits per heavy atom. The van der Waals surface area contributed by atoms with E-state index in [9.17, 15) is 13.2 Å². The van der Waals surface area contributed by atoms with E-state index in [4.69, 9.17) is 21.6 Å². The number of halogens is 1. The van der Waals surface area contributed by atoms with E-state index in [1.807, 2.05) is 31.2 Å². The summed E-state index contributed by atoms with van der Waals surface area (Å²) in [5, 5.41) is 9.32. The van der Waals surface area contributed by atoms with Gasteiger partial charge in [0.05, 0.1) is 29.3 Å². The molecule has 2 aliphatic rings. The number of nitrogens with zero attached hydrogens (tertiary/aromatic N) is 3. The molecule has 2 atom stereocenters. The molecule has 1 amide bonds. The Morgan fingerprint density at radius 3 is 2.87 bits per heavy atom. The molecule has 0 aromatic heterocycles. The second-order valence-corrected chi connectivity index (χ2v) is 11.1. The maximum atomic E-state index is 12.3. The van der Waals surface area contributed by atoms with E-state index >= 15 is 0 Å². The summed E-state index contributed by atoms with van der Waals surface area (Å²) in [6.45, 7) is 1.95. The summed E-state index contributed by atoms with van der Waals surface area (Å²) in [4.78, 5) is 17.9. The van der Waals surface area contributed by atoms with Gasteiger partial charge in [0.2, 0.25) is 0 Å². The zero-order valence-electron chi connectivity index (χ0n) is 16.5. The van der Waals surface area contributed by atoms with Crippen LogP contribution in [0.15, 0.2) is 47.5 Å². The summed E-state index contributed by atoms with van der Waals surface area (Å²) in [6.07, 6.45) is -0.353. The summed E-state index contributed by atoms with van der Waals surface area (Å²) < 4.78 is 30.7. The SMILES string of the molecule is Cc1cccc(Oc2ccc(Cl)cc2N2C(=NC(=O)CC#N)S[C@@H]3CS(=O)(=O)C[C@@H]32)c1. The Balaban J connectivity index is 1.79. The van der Waals surface area contributed by atoms with Crippen molar-refractivity contribution in [2.75, 3.05) is 16.4 Å². The highest BCUT2D eigenvalue weighted by molar-refractivity contribution is 8.16. The molecule has 2 aromatic rings. The van der Waals surface area contributed by atoms with E-state index in [-0.39, 0.29) is 23.2 Å². The number of aryl methyl sites for hydroxylation is 1. The summed E-state index contributed by atoms with van der Waals surface area (Å²) >= 11 is 7.50. The fraction of sp³-hybridized carbons (Fsp3) is 0.286. The predicted octanol–water partition coefficient (Wildman–Crippen LogP) is 3.96. The van der Waals surface area contributed by atoms with Crippen molar-refractivity contribution in [3.63, 3.8) is 0 Å². The van der Waals surface area contributed by atoms with Crippen LogP contribution in [0.2, 0.25) is 5.02 Å². The van der Waals surface area contributed by atoms with Crippen molar-refractivity contribution in [3.8, 4) is 17.6 Å². The van der Waals surface area contributed by atoms with Crippen LogP contribution in [-0.2, 0) is 14.6 Å². The number of ether oxygens (including phenoxy) is 1. The van der Waals surface area contributed by atoms with Gasteiger partial charge in [0, 0.05) is 10.3 Å². The second-order valence-electron chi connectivity index (χ2n) is 7.32. The molecular weight excluding hydrogens is 458 g/mol. The molecule has 2 heterocycles. The van der Waals surface area contributed by atoms with Gasteiger partial charge in [-0.1, -0.05) is 35.5 Å². The molecule has 7 nitrogen and oxygen atoms in total. The molecule has 160 valence electrons. The number of fused-ring (bicyclic) bond motifs is 1. The lowest BCUT2D eigenvalue weighted by atomic mass is 10.2. The van der Waals surface area contributed by atoms with Crippen LogP contribution in [-0.4, -0.2) is 42.3 Å². The standard InChI is InChI=1S/C21H18ClN3O4S2/c1-13-3-2-4-15(9-13)29-18-6-5-14(22)10-16(18)25-17-11-31(27,28)12-19(17)30-21(25)24-20(26)7-8-23/h2-6,9-10,17,19H,7,11-12H2,1H3/t17-,19+/m0/s1. The molecule has 0 unspecified atom stereocenters. The lowest BCUT2D eigenvalue weighted by molar-refractivity contribution is -0.116. The number of nitriles is 1. The number of sulfone groups is 1. The first-order valence-electron chi connectivity index (χ1n) is 9.44. The van der Waals surface area contributed by atoms with Gasteiger partial charge < -0.3 is 9.64 Å². The Hall–Kier alpha value is -2.54. The van der Waals surface area contributed by atoms with Crippen molar-refractivity contribution in [2.24, 2.45) is 4.99 Å². The summed E-state index contributed by atoms with van der Waals surface area (Å²) in [6, 6.07) is 14.0. The van der Waals surface area contributed by atoms with Crippen LogP contribution in [0.3, 0.4) is 0 Å². The van der Waals surface area contributed by atoms with Crippen molar-refractivity contribution >= 4 is 50.0 Å². The monoisotopic (exact) mass is 475 g/mol. The fourth-order valence-electron chi connectivity index (χ4n) is 3.63. The highest BCUT2D eigenvalue weighted by Crippen LogP contribution is 2.45. The maximum absolute atomic E-state index is 12.3. The molecule has 2 aromatic carbocycles. The quantitative estimate of drug-likeness (QED) is 0.659. The van der Waals surface area contributed by atoms with Crippen LogP contribution < -0.4 is 9.64 Å². The number of aliphatic imine (C=N–C) groups is 1. The molecule has 31 heavy (non-hydrogen) atoms. The highest BCUT2D eigenvalue weighted by atomic mass is 35.5. The molecule has 2 fully saturated rings. The van der Waals surface area contributed by atoms with Gasteiger partial charge >= 0.3 is 0 Å². The van der Waals surface area contributed by atoms with Gasteiger partial charge in [-0.3, -0.25) is 4.79 Å². The molecule has 0 saturated carbocycles. The number of amidine groups is 1. The minimum absolute atomic E-state index is 0.00106. The van der Waals surface area contributed by atoms with Crippen LogP contribution in [0.4, 0.5) is 5.69 Å². The van der Waals surface area contributed by atoms with Crippen molar-refractivity contribution < 1.29 is 17.9 Å². The molecule has 2 saturated heterocycles. The summed E-state index contributed by atoms with van der Waals surface area (Å²) in [5.41, 5.74) is 1.55. The largest absolute Gasteiger partial charge is 0.455 e. The fourth-order valence-corrected chi connectivity index (χ4v) is 7.72. The van der Waals surface area contributed by atoms with E-state index in [1.165, 1.54) is 11.8 Å². The zero-order chi connectivity index (χ0) is 22.2. The Bertz CT molecular complexity index is 1220. The van der Waals surface area contributed by atoms with Crippen LogP contribution in [0.5, 0.6) is 11.5 Å². The average molecular weight is 476 g/mol. The number of carbonyl (C=O) groups excluding carboxylic acids is 1. The molecule has 0 aliphatic carbocycles. The maximum Gasteiger partial charge on any atom is 0.262 e. The second kappa shape index (κ2) is 8.54. The number of amides is 1. The molecule has 2 aliphatic heterocycles. The van der Waals surface area contributed by atoms with Crippen molar-refractivity contribution in [1.82, 2.24) is 0 Å². The number of benzene rings is 2. The van der Waals surface area contributed by atoms with E-state index in [0.29, 0.717) is 27.4 Å². The molecule has 0 N–H and O–H groups in total. The molecule has 0 spiro atoms. The van der Waals surface area contributed by atoms with E-state index in [2.05, 4.69) is 4.99 Å². The number of hydrogen-bond acceptors (Lipinski definition) is 6. The van der Waals surface area contributed by atoms with E-state index < -0.39 is 21.8 Å². The van der Waals surface area contributed by atoms with Crippen molar-refractivity contribution in [2.45, 2.75) is 24.6 Å².